The fourth-order valence-electron chi connectivity index (χ4n) is 2.00. The molecule has 1 aromatic heterocycles. The molecule has 0 bridgehead atoms. The second kappa shape index (κ2) is 7.02. The van der Waals surface area contributed by atoms with Crippen molar-refractivity contribution in [2.75, 3.05) is 14.1 Å². The monoisotopic (exact) mass is 302 g/mol. The van der Waals surface area contributed by atoms with Crippen molar-refractivity contribution in [3.8, 4) is 11.6 Å². The molecule has 0 atom stereocenters. The standard InChI is InChI=1S/C17H19FN2O2/c1-4-5-12-6-8-14(9-7-12)22-16-15(18)10-13(11-19-16)17(21)20(2)3/h6-11H,4-5H2,1-3H3. The Morgan fingerprint density at radius 3 is 2.50 bits per heavy atom. The second-order valence-electron chi connectivity index (χ2n) is 5.21. The zero-order chi connectivity index (χ0) is 16.1. The number of halogens is 1. The smallest absolute Gasteiger partial charge is 0.255 e. The van der Waals surface area contributed by atoms with Crippen molar-refractivity contribution in [1.29, 1.82) is 0 Å². The van der Waals surface area contributed by atoms with E-state index in [-0.39, 0.29) is 17.4 Å². The number of carbonyl (C=O) groups is 1. The number of nitrogens with zero attached hydrogens (tertiary/aromatic N) is 2. The fourth-order valence-corrected chi connectivity index (χ4v) is 2.00. The number of amides is 1. The molecule has 0 radical (unpaired) electrons. The molecule has 2 aromatic rings. The van der Waals surface area contributed by atoms with E-state index in [4.69, 9.17) is 4.74 Å². The molecular weight excluding hydrogens is 283 g/mol. The van der Waals surface area contributed by atoms with Gasteiger partial charge in [-0.1, -0.05) is 25.5 Å². The van der Waals surface area contributed by atoms with Gasteiger partial charge < -0.3 is 9.64 Å². The minimum absolute atomic E-state index is 0.140. The van der Waals surface area contributed by atoms with E-state index in [1.54, 1.807) is 26.2 Å². The molecule has 1 heterocycles. The van der Waals surface area contributed by atoms with Crippen LogP contribution in [-0.4, -0.2) is 29.9 Å². The van der Waals surface area contributed by atoms with Gasteiger partial charge in [0.15, 0.2) is 5.82 Å². The van der Waals surface area contributed by atoms with Crippen molar-refractivity contribution in [2.45, 2.75) is 19.8 Å². The van der Waals surface area contributed by atoms with Gasteiger partial charge in [0.1, 0.15) is 5.75 Å². The molecule has 116 valence electrons. The predicted molar refractivity (Wildman–Crippen MR) is 82.7 cm³/mol. The summed E-state index contributed by atoms with van der Waals surface area (Å²) in [5.41, 5.74) is 1.39. The molecule has 22 heavy (non-hydrogen) atoms. The summed E-state index contributed by atoms with van der Waals surface area (Å²) in [6.45, 7) is 2.11. The van der Waals surface area contributed by atoms with Crippen LogP contribution in [0.3, 0.4) is 0 Å². The van der Waals surface area contributed by atoms with E-state index < -0.39 is 5.82 Å². The Morgan fingerprint density at radius 1 is 1.27 bits per heavy atom. The van der Waals surface area contributed by atoms with E-state index in [0.29, 0.717) is 5.75 Å². The highest BCUT2D eigenvalue weighted by molar-refractivity contribution is 5.93. The summed E-state index contributed by atoms with van der Waals surface area (Å²) >= 11 is 0. The number of aryl methyl sites for hydroxylation is 1. The summed E-state index contributed by atoms with van der Waals surface area (Å²) in [6.07, 6.45) is 3.37. The molecular formula is C17H19FN2O2. The topological polar surface area (TPSA) is 42.4 Å². The van der Waals surface area contributed by atoms with Crippen molar-refractivity contribution in [1.82, 2.24) is 9.88 Å². The van der Waals surface area contributed by atoms with E-state index in [1.807, 2.05) is 12.1 Å². The predicted octanol–water partition coefficient (Wildman–Crippen LogP) is 3.67. The number of carbonyl (C=O) groups excluding carboxylic acids is 1. The molecule has 5 heteroatoms. The van der Waals surface area contributed by atoms with Crippen molar-refractivity contribution in [3.05, 3.63) is 53.5 Å². The number of pyridine rings is 1. The third kappa shape index (κ3) is 3.81. The van der Waals surface area contributed by atoms with Crippen LogP contribution >= 0.6 is 0 Å². The van der Waals surface area contributed by atoms with Crippen LogP contribution in [-0.2, 0) is 6.42 Å². The first-order valence-corrected chi connectivity index (χ1v) is 7.15. The van der Waals surface area contributed by atoms with E-state index in [1.165, 1.54) is 16.7 Å². The van der Waals surface area contributed by atoms with Gasteiger partial charge in [-0.15, -0.1) is 0 Å². The number of hydrogen-bond donors (Lipinski definition) is 0. The molecule has 0 aliphatic heterocycles. The molecule has 0 fully saturated rings. The van der Waals surface area contributed by atoms with Gasteiger partial charge in [0.25, 0.3) is 11.8 Å². The lowest BCUT2D eigenvalue weighted by atomic mass is 10.1. The Morgan fingerprint density at radius 2 is 1.95 bits per heavy atom. The Balaban J connectivity index is 2.14. The van der Waals surface area contributed by atoms with Crippen molar-refractivity contribution in [2.24, 2.45) is 0 Å². The number of benzene rings is 1. The Hall–Kier alpha value is -2.43. The van der Waals surface area contributed by atoms with Crippen LogP contribution in [0, 0.1) is 5.82 Å². The molecule has 0 spiro atoms. The molecule has 0 aliphatic rings. The van der Waals surface area contributed by atoms with Gasteiger partial charge in [-0.25, -0.2) is 9.37 Å². The first-order valence-electron chi connectivity index (χ1n) is 7.15. The van der Waals surface area contributed by atoms with Crippen LogP contribution in [0.4, 0.5) is 4.39 Å². The van der Waals surface area contributed by atoms with Gasteiger partial charge in [0.2, 0.25) is 0 Å². The summed E-state index contributed by atoms with van der Waals surface area (Å²) in [7, 11) is 3.20. The van der Waals surface area contributed by atoms with Crippen LogP contribution in [0.2, 0.25) is 0 Å². The highest BCUT2D eigenvalue weighted by atomic mass is 19.1. The molecule has 0 aliphatic carbocycles. The summed E-state index contributed by atoms with van der Waals surface area (Å²) in [5, 5.41) is 0. The van der Waals surface area contributed by atoms with Crippen molar-refractivity contribution < 1.29 is 13.9 Å². The largest absolute Gasteiger partial charge is 0.436 e. The first kappa shape index (κ1) is 15.9. The van der Waals surface area contributed by atoms with Gasteiger partial charge in [-0.2, -0.15) is 0 Å². The lowest BCUT2D eigenvalue weighted by Gasteiger charge is -2.11. The summed E-state index contributed by atoms with van der Waals surface area (Å²) in [6, 6.07) is 8.59. The maximum atomic E-state index is 14.0. The van der Waals surface area contributed by atoms with Crippen LogP contribution in [0.5, 0.6) is 11.6 Å². The molecule has 2 rings (SSSR count). The molecule has 4 nitrogen and oxygen atoms in total. The van der Waals surface area contributed by atoms with Gasteiger partial charge >= 0.3 is 0 Å². The van der Waals surface area contributed by atoms with Crippen molar-refractivity contribution >= 4 is 5.91 Å². The number of hydrogen-bond acceptors (Lipinski definition) is 3. The summed E-state index contributed by atoms with van der Waals surface area (Å²) in [4.78, 5) is 17.0. The number of aromatic nitrogens is 1. The van der Waals surface area contributed by atoms with E-state index >= 15 is 0 Å². The summed E-state index contributed by atoms with van der Waals surface area (Å²) in [5.74, 6) is -0.594. The van der Waals surface area contributed by atoms with Crippen LogP contribution in [0.1, 0.15) is 29.3 Å². The highest BCUT2D eigenvalue weighted by Gasteiger charge is 2.14. The zero-order valence-corrected chi connectivity index (χ0v) is 13.0. The Bertz CT molecular complexity index is 654. The minimum Gasteiger partial charge on any atom is -0.436 e. The SMILES string of the molecule is CCCc1ccc(Oc2ncc(C(=O)N(C)C)cc2F)cc1. The lowest BCUT2D eigenvalue weighted by Crippen LogP contribution is -2.22. The lowest BCUT2D eigenvalue weighted by molar-refractivity contribution is 0.0826. The van der Waals surface area contributed by atoms with E-state index in [2.05, 4.69) is 11.9 Å². The normalized spacial score (nSPS) is 10.4. The number of rotatable bonds is 5. The zero-order valence-electron chi connectivity index (χ0n) is 13.0. The Kier molecular flexibility index (Phi) is 5.09. The Labute approximate surface area is 129 Å². The maximum absolute atomic E-state index is 14.0. The third-order valence-electron chi connectivity index (χ3n) is 3.14. The number of ether oxygens (including phenoxy) is 1. The fraction of sp³-hybridized carbons (Fsp3) is 0.294. The average molecular weight is 302 g/mol. The molecule has 0 unspecified atom stereocenters. The maximum Gasteiger partial charge on any atom is 0.255 e. The summed E-state index contributed by atoms with van der Waals surface area (Å²) < 4.78 is 19.4. The van der Waals surface area contributed by atoms with Gasteiger partial charge in [-0.05, 0) is 30.2 Å². The van der Waals surface area contributed by atoms with Crippen LogP contribution in [0.15, 0.2) is 36.5 Å². The first-order chi connectivity index (χ1) is 10.5. The van der Waals surface area contributed by atoms with Gasteiger partial charge in [-0.3, -0.25) is 4.79 Å². The van der Waals surface area contributed by atoms with E-state index in [9.17, 15) is 9.18 Å². The second-order valence-corrected chi connectivity index (χ2v) is 5.21. The average Bonchev–Trinajstić information content (AvgIpc) is 2.50. The molecule has 1 aromatic carbocycles. The molecule has 1 amide bonds. The van der Waals surface area contributed by atoms with Crippen molar-refractivity contribution in [3.63, 3.8) is 0 Å². The molecule has 0 saturated heterocycles. The van der Waals surface area contributed by atoms with Crippen LogP contribution < -0.4 is 4.74 Å². The van der Waals surface area contributed by atoms with Crippen LogP contribution in [0.25, 0.3) is 0 Å². The van der Waals surface area contributed by atoms with Gasteiger partial charge in [0.05, 0.1) is 5.56 Å². The molecule has 0 saturated carbocycles. The molecule has 0 N–H and O–H groups in total. The quantitative estimate of drug-likeness (QED) is 0.846. The third-order valence-corrected chi connectivity index (χ3v) is 3.14. The highest BCUT2D eigenvalue weighted by Crippen LogP contribution is 2.23. The van der Waals surface area contributed by atoms with Gasteiger partial charge in [0, 0.05) is 20.3 Å². The van der Waals surface area contributed by atoms with E-state index in [0.717, 1.165) is 18.9 Å². The minimum atomic E-state index is -0.662.